The number of rotatable bonds is 19. The summed E-state index contributed by atoms with van der Waals surface area (Å²) in [5.41, 5.74) is 2.52. The molecule has 0 aliphatic carbocycles. The Balaban J connectivity index is 1.44. The lowest BCUT2D eigenvalue weighted by molar-refractivity contribution is -0.391. The number of hydrogen-bond donors (Lipinski definition) is 1. The third-order valence-corrected chi connectivity index (χ3v) is 10.8. The monoisotopic (exact) mass is 938 g/mol. The number of esters is 5. The van der Waals surface area contributed by atoms with Crippen LogP contribution in [-0.4, -0.2) is 134 Å². The maximum atomic E-state index is 13.1. The first kappa shape index (κ1) is 51.0. The van der Waals surface area contributed by atoms with Crippen LogP contribution < -0.4 is 0 Å². The van der Waals surface area contributed by atoms with Gasteiger partial charge in [0.25, 0.3) is 0 Å². The Kier molecular flexibility index (Phi) is 18.7. The summed E-state index contributed by atoms with van der Waals surface area (Å²) in [5.74, 6) is -3.99. The first-order valence-corrected chi connectivity index (χ1v) is 21.9. The molecule has 19 heteroatoms. The summed E-state index contributed by atoms with van der Waals surface area (Å²) in [6.07, 6.45) is -19.4. The molecule has 364 valence electrons. The van der Waals surface area contributed by atoms with Crippen LogP contribution in [0.4, 0.5) is 0 Å². The van der Waals surface area contributed by atoms with Crippen LogP contribution in [0.1, 0.15) is 58.2 Å². The maximum absolute atomic E-state index is 13.1. The minimum Gasteiger partial charge on any atom is -0.463 e. The molecule has 0 spiro atoms. The van der Waals surface area contributed by atoms with Crippen molar-refractivity contribution >= 4 is 29.8 Å². The summed E-state index contributed by atoms with van der Waals surface area (Å²) in [5, 5.41) is 11.3. The lowest BCUT2D eigenvalue weighted by Gasteiger charge is -2.50. The molecule has 3 aromatic rings. The molecule has 3 heterocycles. The van der Waals surface area contributed by atoms with E-state index in [-0.39, 0.29) is 19.8 Å². The van der Waals surface area contributed by atoms with E-state index in [0.717, 1.165) is 51.3 Å². The summed E-state index contributed by atoms with van der Waals surface area (Å²) < 4.78 is 79.8. The fourth-order valence-electron chi connectivity index (χ4n) is 7.96. The molecule has 0 amide bonds. The molecule has 3 aromatic carbocycles. The Labute approximate surface area is 388 Å². The van der Waals surface area contributed by atoms with Crippen LogP contribution in [0.2, 0.25) is 0 Å². The second-order valence-electron chi connectivity index (χ2n) is 16.1. The van der Waals surface area contributed by atoms with E-state index >= 15 is 0 Å². The summed E-state index contributed by atoms with van der Waals surface area (Å²) >= 11 is 0. The third kappa shape index (κ3) is 14.6. The van der Waals surface area contributed by atoms with Gasteiger partial charge < -0.3 is 66.7 Å². The normalized spacial score (nSPS) is 30.6. The predicted octanol–water partition coefficient (Wildman–Crippen LogP) is 3.62. The van der Waals surface area contributed by atoms with Gasteiger partial charge in [0.15, 0.2) is 55.5 Å². The van der Waals surface area contributed by atoms with Crippen molar-refractivity contribution in [1.29, 1.82) is 0 Å². The molecule has 0 aromatic heterocycles. The molecule has 0 bridgehead atoms. The van der Waals surface area contributed by atoms with Gasteiger partial charge in [0.05, 0.1) is 32.5 Å². The largest absolute Gasteiger partial charge is 0.463 e. The fraction of sp³-hybridized carbons (Fsp3) is 0.521. The highest BCUT2D eigenvalue weighted by Gasteiger charge is 2.57. The topological polar surface area (TPSA) is 226 Å². The SMILES string of the molecule is CC(=O)OC[C@H]1O[C@@H](O[C@@H]2[C@@H](OC(C)=O)[C@H](OC(C)=O)CO[C@H]2O)[C@H](O[C@@H]2O[C@@H](C)[C@@H](OCc3ccccc3)[C@@H](OCc3ccccc3)[C@@H]2OCc2ccccc2)[C@@H](OC(C)=O)[C@H]1OC(C)=O. The van der Waals surface area contributed by atoms with Gasteiger partial charge >= 0.3 is 29.8 Å². The van der Waals surface area contributed by atoms with Crippen molar-refractivity contribution in [3.8, 4) is 0 Å². The number of aliphatic hydroxyl groups excluding tert-OH is 1. The van der Waals surface area contributed by atoms with Crippen LogP contribution in [0, 0.1) is 0 Å². The zero-order valence-electron chi connectivity index (χ0n) is 38.1. The Morgan fingerprint density at radius 2 is 0.955 bits per heavy atom. The molecule has 1 N–H and O–H groups in total. The Morgan fingerprint density at radius 1 is 0.507 bits per heavy atom. The summed E-state index contributed by atoms with van der Waals surface area (Å²) in [7, 11) is 0. The highest BCUT2D eigenvalue weighted by atomic mass is 16.8. The van der Waals surface area contributed by atoms with Crippen molar-refractivity contribution in [2.24, 2.45) is 0 Å². The standard InChI is InChI=1S/C48H58O19/c1-27-38(56-22-33-16-10-7-11-17-33)41(57-23-34-18-12-8-13-19-34)44(58-24-35-20-14-9-15-21-35)47(60-27)67-45-42(64-32(6)53)39(62-30(4)51)37(25-55-28(2)49)65-48(45)66-43-40(63-31(5)52)36(61-29(3)50)26-59-46(43)54/h7-21,27,36-48,54H,22-26H2,1-6H3/t27-,36+,37+,38+,39-,40-,41+,42-,43+,44-,45+,46+,47-,48-/m0/s1. The Morgan fingerprint density at radius 3 is 1.46 bits per heavy atom. The highest BCUT2D eigenvalue weighted by Crippen LogP contribution is 2.37. The molecule has 14 atom stereocenters. The number of carbonyl (C=O) groups excluding carboxylic acids is 5. The molecular weight excluding hydrogens is 881 g/mol. The van der Waals surface area contributed by atoms with E-state index in [2.05, 4.69) is 0 Å². The number of aliphatic hydroxyl groups is 1. The quantitative estimate of drug-likeness (QED) is 0.134. The molecular formula is C48H58O19. The minimum absolute atomic E-state index is 0.0297. The average Bonchev–Trinajstić information content (AvgIpc) is 3.28. The third-order valence-electron chi connectivity index (χ3n) is 10.8. The first-order chi connectivity index (χ1) is 32.2. The first-order valence-electron chi connectivity index (χ1n) is 21.9. The lowest BCUT2D eigenvalue weighted by atomic mass is 9.96. The van der Waals surface area contributed by atoms with Gasteiger partial charge in [-0.2, -0.15) is 0 Å². The van der Waals surface area contributed by atoms with Crippen molar-refractivity contribution in [2.45, 2.75) is 147 Å². The predicted molar refractivity (Wildman–Crippen MR) is 229 cm³/mol. The Hall–Kier alpha value is -5.35. The molecule has 0 unspecified atom stereocenters. The van der Waals surface area contributed by atoms with E-state index in [0.29, 0.717) is 0 Å². The van der Waals surface area contributed by atoms with Gasteiger partial charge in [-0.25, -0.2) is 0 Å². The highest BCUT2D eigenvalue weighted by molar-refractivity contribution is 5.68. The van der Waals surface area contributed by atoms with Crippen LogP contribution in [0.5, 0.6) is 0 Å². The lowest BCUT2D eigenvalue weighted by Crippen LogP contribution is -2.67. The average molecular weight is 939 g/mol. The molecule has 3 aliphatic rings. The van der Waals surface area contributed by atoms with Crippen molar-refractivity contribution in [2.75, 3.05) is 13.2 Å². The van der Waals surface area contributed by atoms with Gasteiger partial charge in [0.2, 0.25) is 0 Å². The van der Waals surface area contributed by atoms with Gasteiger partial charge in [0.1, 0.15) is 31.0 Å². The van der Waals surface area contributed by atoms with Gasteiger partial charge in [0, 0.05) is 34.6 Å². The fourth-order valence-corrected chi connectivity index (χ4v) is 7.96. The van der Waals surface area contributed by atoms with Crippen molar-refractivity contribution in [3.63, 3.8) is 0 Å². The smallest absolute Gasteiger partial charge is 0.303 e. The van der Waals surface area contributed by atoms with Crippen LogP contribution in [-0.2, 0) is 105 Å². The second kappa shape index (κ2) is 24.6. The van der Waals surface area contributed by atoms with Crippen LogP contribution in [0.25, 0.3) is 0 Å². The molecule has 3 fully saturated rings. The Bertz CT molecular complexity index is 2060. The van der Waals surface area contributed by atoms with Gasteiger partial charge in [-0.05, 0) is 23.6 Å². The van der Waals surface area contributed by atoms with Gasteiger partial charge in [-0.1, -0.05) is 91.0 Å². The zero-order valence-corrected chi connectivity index (χ0v) is 38.1. The van der Waals surface area contributed by atoms with Crippen LogP contribution in [0.15, 0.2) is 91.0 Å². The van der Waals surface area contributed by atoms with Crippen molar-refractivity contribution < 1.29 is 90.7 Å². The number of ether oxygens (including phenoxy) is 13. The minimum atomic E-state index is -1.84. The van der Waals surface area contributed by atoms with E-state index in [1.165, 1.54) is 0 Å². The number of benzene rings is 3. The molecule has 19 nitrogen and oxygen atoms in total. The number of hydrogen-bond acceptors (Lipinski definition) is 19. The molecule has 3 saturated heterocycles. The van der Waals surface area contributed by atoms with Gasteiger partial charge in [-0.15, -0.1) is 0 Å². The summed E-state index contributed by atoms with van der Waals surface area (Å²) in [6, 6.07) is 28.3. The summed E-state index contributed by atoms with van der Waals surface area (Å²) in [4.78, 5) is 62.7. The van der Waals surface area contributed by atoms with Gasteiger partial charge in [-0.3, -0.25) is 24.0 Å². The molecule has 3 aliphatic heterocycles. The van der Waals surface area contributed by atoms with E-state index in [4.69, 9.17) is 61.6 Å². The van der Waals surface area contributed by atoms with E-state index in [9.17, 15) is 29.1 Å². The van der Waals surface area contributed by atoms with Crippen molar-refractivity contribution in [1.82, 2.24) is 0 Å². The molecule has 0 saturated carbocycles. The van der Waals surface area contributed by atoms with Crippen molar-refractivity contribution in [3.05, 3.63) is 108 Å². The molecule has 67 heavy (non-hydrogen) atoms. The van der Waals surface area contributed by atoms with Crippen LogP contribution >= 0.6 is 0 Å². The van der Waals surface area contributed by atoms with E-state index in [1.807, 2.05) is 91.0 Å². The van der Waals surface area contributed by atoms with Crippen LogP contribution in [0.3, 0.4) is 0 Å². The molecule has 6 rings (SSSR count). The zero-order chi connectivity index (χ0) is 48.0. The summed E-state index contributed by atoms with van der Waals surface area (Å²) in [6.45, 7) is 6.75. The van der Waals surface area contributed by atoms with E-state index < -0.39 is 129 Å². The molecule has 0 radical (unpaired) electrons. The number of carbonyl (C=O) groups is 5. The second-order valence-corrected chi connectivity index (χ2v) is 16.1. The maximum Gasteiger partial charge on any atom is 0.303 e. The van der Waals surface area contributed by atoms with E-state index in [1.54, 1.807) is 6.92 Å².